The average molecular weight is 406 g/mol. The van der Waals surface area contributed by atoms with E-state index in [1.807, 2.05) is 6.92 Å². The molecule has 28 heavy (non-hydrogen) atoms. The molecular formula is C19H21FN3O4S+. The highest BCUT2D eigenvalue weighted by Crippen LogP contribution is 2.28. The van der Waals surface area contributed by atoms with Crippen LogP contribution < -0.4 is 10.1 Å². The lowest BCUT2D eigenvalue weighted by Crippen LogP contribution is -2.56. The number of amides is 4. The number of halogens is 1. The lowest BCUT2D eigenvalue weighted by Gasteiger charge is -2.24. The Morgan fingerprint density at radius 3 is 2.86 bits per heavy atom. The number of allylic oxidation sites excluding steroid dienone is 1. The van der Waals surface area contributed by atoms with Crippen LogP contribution in [-0.4, -0.2) is 58.5 Å². The number of nitrogens with one attached hydrogen (secondary N) is 1. The van der Waals surface area contributed by atoms with Gasteiger partial charge in [0.2, 0.25) is 0 Å². The Labute approximate surface area is 166 Å². The summed E-state index contributed by atoms with van der Waals surface area (Å²) in [7, 11) is 1.35. The number of methoxy groups -OCH3 is 1. The zero-order valence-electron chi connectivity index (χ0n) is 15.6. The van der Waals surface area contributed by atoms with Gasteiger partial charge in [-0.2, -0.15) is 14.3 Å². The molecule has 9 heteroatoms. The fourth-order valence-corrected chi connectivity index (χ4v) is 3.99. The quantitative estimate of drug-likeness (QED) is 0.705. The van der Waals surface area contributed by atoms with Crippen LogP contribution in [0, 0.1) is 5.82 Å². The number of rotatable bonds is 7. The number of hydrogen-bond donors (Lipinski definition) is 1. The third-order valence-electron chi connectivity index (χ3n) is 4.46. The molecule has 3 rings (SSSR count). The maximum atomic E-state index is 13.8. The fourth-order valence-electron chi connectivity index (χ4n) is 3.02. The molecule has 0 bridgehead atoms. The highest BCUT2D eigenvalue weighted by molar-refractivity contribution is 8.04. The maximum Gasteiger partial charge on any atom is 0.501 e. The molecule has 0 saturated heterocycles. The summed E-state index contributed by atoms with van der Waals surface area (Å²) >= 11 is 1.32. The number of carbonyl (C=O) groups is 3. The van der Waals surface area contributed by atoms with Crippen molar-refractivity contribution in [1.29, 1.82) is 0 Å². The molecule has 0 fully saturated rings. The zero-order chi connectivity index (χ0) is 20.3. The number of nitrogens with zero attached hydrogens (tertiary/aromatic N) is 2. The predicted octanol–water partition coefficient (Wildman–Crippen LogP) is 2.62. The minimum Gasteiger partial charge on any atom is -0.494 e. The number of carbonyl (C=O) groups excluding carboxylic acids is 3. The number of fused-ring (bicyclic) bond motifs is 1. The van der Waals surface area contributed by atoms with Gasteiger partial charge in [0.05, 0.1) is 13.7 Å². The largest absolute Gasteiger partial charge is 0.501 e. The first-order valence-electron chi connectivity index (χ1n) is 8.91. The second kappa shape index (κ2) is 8.55. The van der Waals surface area contributed by atoms with Crippen LogP contribution in [0.3, 0.4) is 0 Å². The number of benzene rings is 1. The molecule has 0 spiro atoms. The van der Waals surface area contributed by atoms with Gasteiger partial charge in [0.25, 0.3) is 5.91 Å². The number of unbranched alkanes of at least 4 members (excludes halogenated alkanes) is 1. The molecule has 148 valence electrons. The topological polar surface area (TPSA) is 78.7 Å². The van der Waals surface area contributed by atoms with E-state index < -0.39 is 23.0 Å². The summed E-state index contributed by atoms with van der Waals surface area (Å²) in [5.74, 6) is -1.27. The van der Waals surface area contributed by atoms with Crippen LogP contribution in [0.25, 0.3) is 0 Å². The van der Waals surface area contributed by atoms with Gasteiger partial charge in [0.15, 0.2) is 23.4 Å². The first kappa shape index (κ1) is 20.1. The highest BCUT2D eigenvalue weighted by atomic mass is 32.2. The SMILES string of the molecule is CCCCN1C(=O)C2SC=CC2=[N+](CC(=O)Nc2ccc(OC)c(F)c2)C1=O. The van der Waals surface area contributed by atoms with Gasteiger partial charge in [0.1, 0.15) is 5.71 Å². The third kappa shape index (κ3) is 3.94. The molecule has 1 unspecified atom stereocenters. The van der Waals surface area contributed by atoms with Gasteiger partial charge < -0.3 is 10.1 Å². The summed E-state index contributed by atoms with van der Waals surface area (Å²) in [6, 6.07) is 3.56. The van der Waals surface area contributed by atoms with Gasteiger partial charge in [-0.1, -0.05) is 13.3 Å². The number of imide groups is 1. The molecule has 0 aromatic heterocycles. The second-order valence-electron chi connectivity index (χ2n) is 6.35. The van der Waals surface area contributed by atoms with Crippen molar-refractivity contribution in [3.05, 3.63) is 35.5 Å². The summed E-state index contributed by atoms with van der Waals surface area (Å²) in [6.07, 6.45) is 3.22. The Hall–Kier alpha value is -2.68. The molecule has 2 heterocycles. The van der Waals surface area contributed by atoms with E-state index in [2.05, 4.69) is 5.32 Å². The molecule has 0 radical (unpaired) electrons. The number of urea groups is 1. The molecule has 1 N–H and O–H groups in total. The number of hydrogen-bond acceptors (Lipinski definition) is 5. The van der Waals surface area contributed by atoms with Crippen molar-refractivity contribution >= 4 is 41.0 Å². The standard InChI is InChI=1S/C19H20FN3O4S/c1-3-4-8-22-18(25)17-14(7-9-28-17)23(19(22)26)11-16(24)21-12-5-6-15(27-2)13(20)10-12/h5-7,9-10,17H,3-4,8,11H2,1-2H3/p+1. The van der Waals surface area contributed by atoms with Gasteiger partial charge in [-0.15, -0.1) is 11.8 Å². The number of thioether (sulfide) groups is 1. The molecule has 2 aliphatic heterocycles. The fraction of sp³-hybridized carbons (Fsp3) is 0.368. The average Bonchev–Trinajstić information content (AvgIpc) is 3.15. The summed E-state index contributed by atoms with van der Waals surface area (Å²) in [5, 5.41) is 3.81. The van der Waals surface area contributed by atoms with E-state index in [9.17, 15) is 18.8 Å². The second-order valence-corrected chi connectivity index (χ2v) is 7.37. The van der Waals surface area contributed by atoms with Crippen LogP contribution in [0.1, 0.15) is 19.8 Å². The Morgan fingerprint density at radius 1 is 1.39 bits per heavy atom. The lowest BCUT2D eigenvalue weighted by molar-refractivity contribution is -0.425. The molecule has 1 atom stereocenters. The Bertz CT molecular complexity index is 884. The van der Waals surface area contributed by atoms with Crippen molar-refractivity contribution in [1.82, 2.24) is 4.90 Å². The molecule has 0 saturated carbocycles. The highest BCUT2D eigenvalue weighted by Gasteiger charge is 2.49. The molecule has 0 aliphatic carbocycles. The van der Waals surface area contributed by atoms with E-state index in [0.29, 0.717) is 18.7 Å². The molecule has 1 aromatic rings. The van der Waals surface area contributed by atoms with E-state index in [-0.39, 0.29) is 23.9 Å². The predicted molar refractivity (Wildman–Crippen MR) is 104 cm³/mol. The lowest BCUT2D eigenvalue weighted by atomic mass is 10.1. The van der Waals surface area contributed by atoms with E-state index >= 15 is 0 Å². The van der Waals surface area contributed by atoms with E-state index in [4.69, 9.17) is 4.74 Å². The van der Waals surface area contributed by atoms with Gasteiger partial charge in [-0.05, 0) is 30.0 Å². The summed E-state index contributed by atoms with van der Waals surface area (Å²) in [6.45, 7) is 2.03. The van der Waals surface area contributed by atoms with Gasteiger partial charge in [-0.25, -0.2) is 9.18 Å². The maximum absolute atomic E-state index is 13.8. The summed E-state index contributed by atoms with van der Waals surface area (Å²) in [4.78, 5) is 39.1. The zero-order valence-corrected chi connectivity index (χ0v) is 16.4. The van der Waals surface area contributed by atoms with Gasteiger partial charge in [-0.3, -0.25) is 4.79 Å². The molecular weight excluding hydrogens is 385 g/mol. The summed E-state index contributed by atoms with van der Waals surface area (Å²) in [5.41, 5.74) is 0.758. The van der Waals surface area contributed by atoms with Crippen molar-refractivity contribution in [2.75, 3.05) is 25.5 Å². The van der Waals surface area contributed by atoms with E-state index in [1.165, 1.54) is 40.5 Å². The third-order valence-corrected chi connectivity index (χ3v) is 5.47. The molecule has 1 aromatic carbocycles. The molecule has 4 amide bonds. The molecule has 7 nitrogen and oxygen atoms in total. The Morgan fingerprint density at radius 2 is 2.18 bits per heavy atom. The minimum absolute atomic E-state index is 0.0702. The number of anilines is 1. The first-order valence-corrected chi connectivity index (χ1v) is 9.85. The van der Waals surface area contributed by atoms with Crippen LogP contribution in [0.4, 0.5) is 14.9 Å². The van der Waals surface area contributed by atoms with Gasteiger partial charge in [0, 0.05) is 11.8 Å². The first-order chi connectivity index (χ1) is 13.5. The smallest absolute Gasteiger partial charge is 0.494 e. The van der Waals surface area contributed by atoms with Crippen LogP contribution >= 0.6 is 11.8 Å². The van der Waals surface area contributed by atoms with Crippen molar-refractivity contribution in [2.24, 2.45) is 0 Å². The van der Waals surface area contributed by atoms with Crippen LogP contribution in [0.15, 0.2) is 29.7 Å². The van der Waals surface area contributed by atoms with Crippen molar-refractivity contribution in [3.8, 4) is 5.75 Å². The van der Waals surface area contributed by atoms with Crippen molar-refractivity contribution in [2.45, 2.75) is 25.0 Å². The van der Waals surface area contributed by atoms with Crippen LogP contribution in [0.2, 0.25) is 0 Å². The van der Waals surface area contributed by atoms with E-state index in [0.717, 1.165) is 12.5 Å². The normalized spacial score (nSPS) is 18.5. The minimum atomic E-state index is -0.602. The van der Waals surface area contributed by atoms with Crippen molar-refractivity contribution in [3.63, 3.8) is 0 Å². The monoisotopic (exact) mass is 406 g/mol. The van der Waals surface area contributed by atoms with Crippen LogP contribution in [0.5, 0.6) is 5.75 Å². The van der Waals surface area contributed by atoms with E-state index in [1.54, 1.807) is 11.5 Å². The number of ether oxygens (including phenoxy) is 1. The molecule has 2 aliphatic rings. The summed E-state index contributed by atoms with van der Waals surface area (Å²) < 4.78 is 20.0. The van der Waals surface area contributed by atoms with Crippen molar-refractivity contribution < 1.29 is 28.1 Å². The van der Waals surface area contributed by atoms with Crippen LogP contribution in [-0.2, 0) is 9.59 Å². The van der Waals surface area contributed by atoms with Gasteiger partial charge >= 0.3 is 11.9 Å². The Kier molecular flexibility index (Phi) is 6.13. The Balaban J connectivity index is 1.79.